The Bertz CT molecular complexity index is 517. The number of nitrogens with zero attached hydrogens (tertiary/aromatic N) is 1. The van der Waals surface area contributed by atoms with Gasteiger partial charge in [-0.15, -0.1) is 0 Å². The maximum absolute atomic E-state index is 13.9. The highest BCUT2D eigenvalue weighted by atomic mass is 35.5. The first-order chi connectivity index (χ1) is 9.15. The predicted molar refractivity (Wildman–Crippen MR) is 71.3 cm³/mol. The number of Topliss-reactive ketones (excluding diaryl/α,β-unsaturated/α-hetero) is 1. The molecule has 1 fully saturated rings. The van der Waals surface area contributed by atoms with E-state index in [0.29, 0.717) is 0 Å². The summed E-state index contributed by atoms with van der Waals surface area (Å²) in [5.41, 5.74) is 0.102. The molecule has 4 heteroatoms. The van der Waals surface area contributed by atoms with Crippen molar-refractivity contribution >= 4 is 17.4 Å². The van der Waals surface area contributed by atoms with Crippen LogP contribution in [0, 0.1) is 23.1 Å². The van der Waals surface area contributed by atoms with Crippen molar-refractivity contribution in [1.82, 2.24) is 0 Å². The quantitative estimate of drug-likeness (QED) is 0.830. The van der Waals surface area contributed by atoms with Crippen LogP contribution >= 0.6 is 11.6 Å². The summed E-state index contributed by atoms with van der Waals surface area (Å²) in [6.07, 6.45) is 4.75. The molecule has 1 aromatic rings. The van der Waals surface area contributed by atoms with Gasteiger partial charge in [0.2, 0.25) is 0 Å². The van der Waals surface area contributed by atoms with E-state index < -0.39 is 11.7 Å². The number of hydrogen-bond donors (Lipinski definition) is 0. The molecule has 1 atom stereocenters. The third kappa shape index (κ3) is 2.96. The number of benzene rings is 1. The minimum absolute atomic E-state index is 0.0470. The van der Waals surface area contributed by atoms with Gasteiger partial charge in [0.05, 0.1) is 11.1 Å². The van der Waals surface area contributed by atoms with Crippen molar-refractivity contribution in [1.29, 1.82) is 5.26 Å². The van der Waals surface area contributed by atoms with Crippen LogP contribution in [0.5, 0.6) is 0 Å². The van der Waals surface area contributed by atoms with Crippen LogP contribution < -0.4 is 0 Å². The zero-order chi connectivity index (χ0) is 13.8. The zero-order valence-electron chi connectivity index (χ0n) is 10.5. The molecule has 1 aliphatic carbocycles. The van der Waals surface area contributed by atoms with Gasteiger partial charge in [-0.2, -0.15) is 5.26 Å². The van der Waals surface area contributed by atoms with Gasteiger partial charge in [0.15, 0.2) is 5.78 Å². The van der Waals surface area contributed by atoms with Gasteiger partial charge in [0, 0.05) is 11.5 Å². The molecule has 0 aliphatic heterocycles. The van der Waals surface area contributed by atoms with Crippen LogP contribution in [0.4, 0.5) is 4.39 Å². The number of carbonyl (C=O) groups excluding carboxylic acids is 1. The molecule has 1 unspecified atom stereocenters. The van der Waals surface area contributed by atoms with Crippen LogP contribution in [-0.2, 0) is 4.79 Å². The Hall–Kier alpha value is -1.40. The first kappa shape index (κ1) is 14.0. The topological polar surface area (TPSA) is 40.9 Å². The van der Waals surface area contributed by atoms with Gasteiger partial charge >= 0.3 is 0 Å². The Morgan fingerprint density at radius 2 is 2.05 bits per heavy atom. The summed E-state index contributed by atoms with van der Waals surface area (Å²) >= 11 is 5.71. The standard InChI is InChI=1S/C15H15ClFNO/c16-13-8-4-7-11(14(13)17)12(9-18)15(19)10-5-2-1-3-6-10/h4,7-8,10,12H,1-3,5-6H2. The average Bonchev–Trinajstić information content (AvgIpc) is 2.45. The molecule has 0 saturated heterocycles. The Labute approximate surface area is 117 Å². The molecule has 0 bridgehead atoms. The first-order valence-electron chi connectivity index (χ1n) is 6.52. The third-order valence-corrected chi connectivity index (χ3v) is 4.01. The smallest absolute Gasteiger partial charge is 0.157 e. The molecule has 2 nitrogen and oxygen atoms in total. The summed E-state index contributed by atoms with van der Waals surface area (Å²) in [6.45, 7) is 0. The van der Waals surface area contributed by atoms with Crippen molar-refractivity contribution in [3.63, 3.8) is 0 Å². The van der Waals surface area contributed by atoms with E-state index in [9.17, 15) is 14.4 Å². The van der Waals surface area contributed by atoms with E-state index in [-0.39, 0.29) is 22.3 Å². The molecule has 19 heavy (non-hydrogen) atoms. The van der Waals surface area contributed by atoms with Crippen LogP contribution in [0.2, 0.25) is 5.02 Å². The molecular formula is C15H15ClFNO. The number of ketones is 1. The summed E-state index contributed by atoms with van der Waals surface area (Å²) in [6, 6.07) is 6.39. The lowest BCUT2D eigenvalue weighted by atomic mass is 9.80. The minimum Gasteiger partial charge on any atom is -0.298 e. The number of hydrogen-bond acceptors (Lipinski definition) is 2. The van der Waals surface area contributed by atoms with Gasteiger partial charge in [0.25, 0.3) is 0 Å². The summed E-state index contributed by atoms with van der Waals surface area (Å²) in [5.74, 6) is -1.97. The fourth-order valence-electron chi connectivity index (χ4n) is 2.65. The van der Waals surface area contributed by atoms with Crippen molar-refractivity contribution in [2.75, 3.05) is 0 Å². The first-order valence-corrected chi connectivity index (χ1v) is 6.90. The molecule has 1 aromatic carbocycles. The second-order valence-corrected chi connectivity index (χ2v) is 5.35. The molecule has 0 radical (unpaired) electrons. The molecule has 1 aliphatic rings. The van der Waals surface area contributed by atoms with Crippen LogP contribution in [0.25, 0.3) is 0 Å². The molecule has 0 aromatic heterocycles. The van der Waals surface area contributed by atoms with Crippen molar-refractivity contribution < 1.29 is 9.18 Å². The van der Waals surface area contributed by atoms with Gasteiger partial charge in [-0.1, -0.05) is 43.0 Å². The SMILES string of the molecule is N#CC(C(=O)C1CCCCC1)c1cccc(Cl)c1F. The Morgan fingerprint density at radius 1 is 1.37 bits per heavy atom. The maximum Gasteiger partial charge on any atom is 0.157 e. The van der Waals surface area contributed by atoms with Crippen LogP contribution in [0.1, 0.15) is 43.6 Å². The normalized spacial score (nSPS) is 17.7. The van der Waals surface area contributed by atoms with E-state index >= 15 is 0 Å². The maximum atomic E-state index is 13.9. The monoisotopic (exact) mass is 279 g/mol. The van der Waals surface area contributed by atoms with Crippen molar-refractivity contribution in [3.05, 3.63) is 34.6 Å². The lowest BCUT2D eigenvalue weighted by Gasteiger charge is -2.22. The van der Waals surface area contributed by atoms with Crippen LogP contribution in [0.15, 0.2) is 18.2 Å². The number of rotatable bonds is 3. The van der Waals surface area contributed by atoms with Gasteiger partial charge in [-0.3, -0.25) is 4.79 Å². The summed E-state index contributed by atoms with van der Waals surface area (Å²) in [7, 11) is 0. The highest BCUT2D eigenvalue weighted by Crippen LogP contribution is 2.32. The van der Waals surface area contributed by atoms with E-state index in [0.717, 1.165) is 32.1 Å². The van der Waals surface area contributed by atoms with Gasteiger partial charge in [-0.05, 0) is 18.9 Å². The van der Waals surface area contributed by atoms with E-state index in [2.05, 4.69) is 0 Å². The Morgan fingerprint density at radius 3 is 2.68 bits per heavy atom. The minimum atomic E-state index is -1.04. The van der Waals surface area contributed by atoms with Crippen molar-refractivity contribution in [2.45, 2.75) is 38.0 Å². The fraction of sp³-hybridized carbons (Fsp3) is 0.467. The van der Waals surface area contributed by atoms with Crippen molar-refractivity contribution in [2.24, 2.45) is 5.92 Å². The molecule has 100 valence electrons. The van der Waals surface area contributed by atoms with E-state index in [1.165, 1.54) is 12.1 Å². The molecule has 0 N–H and O–H groups in total. The fourth-order valence-corrected chi connectivity index (χ4v) is 2.83. The summed E-state index contributed by atoms with van der Waals surface area (Å²) < 4.78 is 13.9. The third-order valence-electron chi connectivity index (χ3n) is 3.71. The summed E-state index contributed by atoms with van der Waals surface area (Å²) in [4.78, 5) is 12.4. The van der Waals surface area contributed by atoms with Gasteiger partial charge < -0.3 is 0 Å². The second-order valence-electron chi connectivity index (χ2n) is 4.94. The van der Waals surface area contributed by atoms with E-state index in [1.807, 2.05) is 6.07 Å². The van der Waals surface area contributed by atoms with Gasteiger partial charge in [0.1, 0.15) is 11.7 Å². The highest BCUT2D eigenvalue weighted by Gasteiger charge is 2.31. The Balaban J connectivity index is 2.27. The zero-order valence-corrected chi connectivity index (χ0v) is 11.3. The van der Waals surface area contributed by atoms with Crippen LogP contribution in [-0.4, -0.2) is 5.78 Å². The largest absolute Gasteiger partial charge is 0.298 e. The average molecular weight is 280 g/mol. The lowest BCUT2D eigenvalue weighted by molar-refractivity contribution is -0.124. The van der Waals surface area contributed by atoms with E-state index in [4.69, 9.17) is 11.6 Å². The molecule has 0 amide bonds. The Kier molecular flexibility index (Phi) is 4.55. The molecule has 0 spiro atoms. The lowest BCUT2D eigenvalue weighted by Crippen LogP contribution is -2.24. The highest BCUT2D eigenvalue weighted by molar-refractivity contribution is 6.30. The second kappa shape index (κ2) is 6.16. The van der Waals surface area contributed by atoms with E-state index in [1.54, 1.807) is 6.07 Å². The van der Waals surface area contributed by atoms with Crippen molar-refractivity contribution in [3.8, 4) is 6.07 Å². The van der Waals surface area contributed by atoms with Crippen LogP contribution in [0.3, 0.4) is 0 Å². The predicted octanol–water partition coefficient (Wildman–Crippen LogP) is 4.24. The summed E-state index contributed by atoms with van der Waals surface area (Å²) in [5, 5.41) is 9.17. The molecular weight excluding hydrogens is 265 g/mol. The number of nitriles is 1. The molecule has 0 heterocycles. The number of carbonyl (C=O) groups is 1. The molecule has 1 saturated carbocycles. The van der Waals surface area contributed by atoms with Gasteiger partial charge in [-0.25, -0.2) is 4.39 Å². The molecule has 2 rings (SSSR count). The number of halogens is 2.